The Balaban J connectivity index is 2.74. The van der Waals surface area contributed by atoms with Gasteiger partial charge in [0.05, 0.1) is 5.83 Å². The van der Waals surface area contributed by atoms with Crippen molar-refractivity contribution in [3.8, 4) is 0 Å². The van der Waals surface area contributed by atoms with E-state index >= 15 is 0 Å². The number of hydrogen-bond acceptors (Lipinski definition) is 2. The van der Waals surface area contributed by atoms with Gasteiger partial charge in [-0.15, -0.1) is 0 Å². The summed E-state index contributed by atoms with van der Waals surface area (Å²) in [5.74, 6) is -1.13. The van der Waals surface area contributed by atoms with Gasteiger partial charge in [0.2, 0.25) is 0 Å². The highest BCUT2D eigenvalue weighted by Crippen LogP contribution is 2.26. The molecule has 0 aliphatic heterocycles. The van der Waals surface area contributed by atoms with E-state index in [1.807, 2.05) is 0 Å². The Hall–Kier alpha value is -0.990. The van der Waals surface area contributed by atoms with Crippen molar-refractivity contribution in [2.24, 2.45) is 11.8 Å². The largest absolute Gasteiger partial charge is 0.303 e. The third kappa shape index (κ3) is 1.73. The number of aldehydes is 2. The van der Waals surface area contributed by atoms with E-state index in [1.165, 1.54) is 6.08 Å². The smallest absolute Gasteiger partial charge is 0.127 e. The Labute approximate surface area is 64.1 Å². The molecule has 2 atom stereocenters. The lowest BCUT2D eigenvalue weighted by Gasteiger charge is -2.18. The van der Waals surface area contributed by atoms with E-state index < -0.39 is 5.92 Å². The minimum atomic E-state index is -0.541. The van der Waals surface area contributed by atoms with Crippen LogP contribution in [0.2, 0.25) is 0 Å². The van der Waals surface area contributed by atoms with Gasteiger partial charge in [0.25, 0.3) is 0 Å². The standard InChI is InChI=1S/C8H9FO2/c9-8-2-1-6(4-10)7(3-8)5-11/h3-7H,1-2H2. The molecular formula is C8H9FO2. The van der Waals surface area contributed by atoms with Gasteiger partial charge in [-0.3, -0.25) is 0 Å². The number of allylic oxidation sites excluding steroid dienone is 2. The van der Waals surface area contributed by atoms with Crippen molar-refractivity contribution in [1.29, 1.82) is 0 Å². The molecular weight excluding hydrogens is 147 g/mol. The van der Waals surface area contributed by atoms with Gasteiger partial charge >= 0.3 is 0 Å². The molecule has 2 unspecified atom stereocenters. The Morgan fingerprint density at radius 1 is 1.45 bits per heavy atom. The van der Waals surface area contributed by atoms with E-state index in [1.54, 1.807) is 0 Å². The molecule has 0 aromatic heterocycles. The molecule has 1 rings (SSSR count). The third-order valence-electron chi connectivity index (χ3n) is 1.92. The molecule has 2 nitrogen and oxygen atoms in total. The van der Waals surface area contributed by atoms with Gasteiger partial charge in [0, 0.05) is 11.8 Å². The Morgan fingerprint density at radius 3 is 2.73 bits per heavy atom. The molecule has 0 fully saturated rings. The zero-order valence-corrected chi connectivity index (χ0v) is 6.00. The zero-order chi connectivity index (χ0) is 8.27. The maximum atomic E-state index is 12.5. The van der Waals surface area contributed by atoms with Crippen LogP contribution in [0.5, 0.6) is 0 Å². The predicted octanol–water partition coefficient (Wildman–Crippen LogP) is 1.26. The summed E-state index contributed by atoms with van der Waals surface area (Å²) in [6.07, 6.45) is 3.32. The number of hydrogen-bond donors (Lipinski definition) is 0. The molecule has 0 heterocycles. The highest BCUT2D eigenvalue weighted by atomic mass is 19.1. The van der Waals surface area contributed by atoms with Gasteiger partial charge < -0.3 is 9.59 Å². The van der Waals surface area contributed by atoms with Crippen LogP contribution in [-0.2, 0) is 9.59 Å². The second-order valence-electron chi connectivity index (χ2n) is 2.67. The summed E-state index contributed by atoms with van der Waals surface area (Å²) in [5, 5.41) is 0. The van der Waals surface area contributed by atoms with Gasteiger partial charge in [-0.25, -0.2) is 4.39 Å². The lowest BCUT2D eigenvalue weighted by atomic mass is 9.85. The van der Waals surface area contributed by atoms with Crippen LogP contribution in [0.3, 0.4) is 0 Å². The molecule has 1 aliphatic carbocycles. The molecule has 1 aliphatic rings. The first-order chi connectivity index (χ1) is 5.27. The fourth-order valence-corrected chi connectivity index (χ4v) is 1.21. The maximum absolute atomic E-state index is 12.5. The third-order valence-corrected chi connectivity index (χ3v) is 1.92. The molecule has 3 heteroatoms. The minimum Gasteiger partial charge on any atom is -0.303 e. The van der Waals surface area contributed by atoms with Crippen molar-refractivity contribution in [2.75, 3.05) is 0 Å². The first-order valence-electron chi connectivity index (χ1n) is 3.54. The summed E-state index contributed by atoms with van der Waals surface area (Å²) in [6.45, 7) is 0. The summed E-state index contributed by atoms with van der Waals surface area (Å²) in [4.78, 5) is 20.6. The molecule has 0 spiro atoms. The monoisotopic (exact) mass is 156 g/mol. The van der Waals surface area contributed by atoms with Crippen molar-refractivity contribution in [3.05, 3.63) is 11.9 Å². The van der Waals surface area contributed by atoms with E-state index in [0.29, 0.717) is 12.7 Å². The van der Waals surface area contributed by atoms with Crippen LogP contribution in [0, 0.1) is 11.8 Å². The normalized spacial score (nSPS) is 30.8. The highest BCUT2D eigenvalue weighted by Gasteiger charge is 2.23. The van der Waals surface area contributed by atoms with Crippen LogP contribution in [0.4, 0.5) is 4.39 Å². The van der Waals surface area contributed by atoms with Crippen molar-refractivity contribution < 1.29 is 14.0 Å². The zero-order valence-electron chi connectivity index (χ0n) is 6.00. The van der Waals surface area contributed by atoms with Crippen LogP contribution in [-0.4, -0.2) is 12.6 Å². The van der Waals surface area contributed by atoms with E-state index in [-0.39, 0.29) is 18.2 Å². The highest BCUT2D eigenvalue weighted by molar-refractivity contribution is 5.67. The van der Waals surface area contributed by atoms with E-state index in [0.717, 1.165) is 6.29 Å². The maximum Gasteiger partial charge on any atom is 0.127 e. The molecule has 11 heavy (non-hydrogen) atoms. The summed E-state index contributed by atoms with van der Waals surface area (Å²) >= 11 is 0. The second kappa shape index (κ2) is 3.42. The minimum absolute atomic E-state index is 0.278. The van der Waals surface area contributed by atoms with Gasteiger partial charge in [-0.05, 0) is 18.9 Å². The van der Waals surface area contributed by atoms with Crippen LogP contribution < -0.4 is 0 Å². The van der Waals surface area contributed by atoms with Gasteiger partial charge in [-0.2, -0.15) is 0 Å². The van der Waals surface area contributed by atoms with E-state index in [9.17, 15) is 14.0 Å². The van der Waals surface area contributed by atoms with Gasteiger partial charge in [0.1, 0.15) is 12.6 Å². The Bertz CT molecular complexity index is 198. The number of carbonyl (C=O) groups excluding carboxylic acids is 2. The molecule has 0 aromatic rings. The first kappa shape index (κ1) is 8.11. The molecule has 0 bridgehead atoms. The average molecular weight is 156 g/mol. The summed E-state index contributed by atoms with van der Waals surface area (Å²) in [6, 6.07) is 0. The van der Waals surface area contributed by atoms with Crippen molar-refractivity contribution >= 4 is 12.6 Å². The van der Waals surface area contributed by atoms with E-state index in [4.69, 9.17) is 0 Å². The summed E-state index contributed by atoms with van der Waals surface area (Å²) in [7, 11) is 0. The van der Waals surface area contributed by atoms with Gasteiger partial charge in [0.15, 0.2) is 0 Å². The van der Waals surface area contributed by atoms with Crippen LogP contribution in [0.1, 0.15) is 12.8 Å². The number of halogens is 1. The second-order valence-corrected chi connectivity index (χ2v) is 2.67. The molecule has 60 valence electrons. The Kier molecular flexibility index (Phi) is 2.52. The van der Waals surface area contributed by atoms with E-state index in [2.05, 4.69) is 0 Å². The fourth-order valence-electron chi connectivity index (χ4n) is 1.21. The predicted molar refractivity (Wildman–Crippen MR) is 37.5 cm³/mol. The van der Waals surface area contributed by atoms with Gasteiger partial charge in [-0.1, -0.05) is 0 Å². The summed E-state index contributed by atoms with van der Waals surface area (Å²) < 4.78 is 12.5. The SMILES string of the molecule is O=CC1C=C(F)CCC1C=O. The topological polar surface area (TPSA) is 34.1 Å². The molecule has 0 amide bonds. The fraction of sp³-hybridized carbons (Fsp3) is 0.500. The van der Waals surface area contributed by atoms with Crippen LogP contribution in [0.25, 0.3) is 0 Å². The Morgan fingerprint density at radius 2 is 2.18 bits per heavy atom. The lowest BCUT2D eigenvalue weighted by Crippen LogP contribution is -2.19. The molecule has 0 aromatic carbocycles. The van der Waals surface area contributed by atoms with Crippen LogP contribution in [0.15, 0.2) is 11.9 Å². The quantitative estimate of drug-likeness (QED) is 0.564. The average Bonchev–Trinajstić information content (AvgIpc) is 2.04. The molecule has 0 N–H and O–H groups in total. The van der Waals surface area contributed by atoms with Crippen molar-refractivity contribution in [3.63, 3.8) is 0 Å². The molecule has 0 saturated heterocycles. The first-order valence-corrected chi connectivity index (χ1v) is 3.54. The number of rotatable bonds is 2. The van der Waals surface area contributed by atoms with Crippen molar-refractivity contribution in [2.45, 2.75) is 12.8 Å². The summed E-state index contributed by atoms with van der Waals surface area (Å²) in [5.41, 5.74) is 0. The van der Waals surface area contributed by atoms with Crippen LogP contribution >= 0.6 is 0 Å². The molecule has 0 radical (unpaired) electrons. The number of carbonyl (C=O) groups is 2. The molecule has 0 saturated carbocycles. The lowest BCUT2D eigenvalue weighted by molar-refractivity contribution is -0.118. The van der Waals surface area contributed by atoms with Crippen molar-refractivity contribution in [1.82, 2.24) is 0 Å².